The van der Waals surface area contributed by atoms with Crippen molar-refractivity contribution in [2.24, 2.45) is 0 Å². The number of aromatic nitrogens is 3. The van der Waals surface area contributed by atoms with Gasteiger partial charge >= 0.3 is 0 Å². The fourth-order valence-electron chi connectivity index (χ4n) is 9.15. The number of rotatable bonds is 8. The first-order chi connectivity index (χ1) is 33.8. The fourth-order valence-corrected chi connectivity index (χ4v) is 11.9. The summed E-state index contributed by atoms with van der Waals surface area (Å²) in [5.74, 6) is 0.587. The summed E-state index contributed by atoms with van der Waals surface area (Å²) in [5, 5.41) is 3.69. The summed E-state index contributed by atoms with van der Waals surface area (Å²) in [6.07, 6.45) is 2.07. The fraction of sp³-hybridized carbons (Fsp3) is 0.0476. The molecule has 1 radical (unpaired) electrons. The number of fused-ring (bicyclic) bond motifs is 4. The zero-order valence-electron chi connectivity index (χ0n) is 38.8. The van der Waals surface area contributed by atoms with Gasteiger partial charge in [-0.25, -0.2) is 4.39 Å². The molecule has 0 bridgehead atoms. The first-order valence-electron chi connectivity index (χ1n) is 23.2. The van der Waals surface area contributed by atoms with E-state index in [4.69, 9.17) is 9.97 Å². The van der Waals surface area contributed by atoms with Gasteiger partial charge in [0.1, 0.15) is 5.82 Å². The Labute approximate surface area is 427 Å². The van der Waals surface area contributed by atoms with Crippen molar-refractivity contribution in [2.75, 3.05) is 0 Å². The van der Waals surface area contributed by atoms with Gasteiger partial charge in [-0.15, -0.1) is 48.0 Å². The number of benzene rings is 9. The molecule has 7 heteroatoms. The second-order valence-electron chi connectivity index (χ2n) is 18.1. The number of nitrogens with zero attached hydrogens (tertiary/aromatic N) is 3. The predicted molar refractivity (Wildman–Crippen MR) is 291 cm³/mol. The van der Waals surface area contributed by atoms with E-state index in [0.717, 1.165) is 71.5 Å². The average Bonchev–Trinajstić information content (AvgIpc) is 3.99. The molecule has 0 saturated carbocycles. The number of imidazole rings is 1. The van der Waals surface area contributed by atoms with Gasteiger partial charge in [-0.2, -0.15) is 11.3 Å². The standard InChI is InChI=1S/C43H26FN2S.C20H20NSi.Ir/c44-33-20-15-31(16-21-33)35-25-26-37(42-41(35)36-24-19-32(27-40(36)47-42)29-11-5-2-6-12-29)43-45-38-13-7-8-14-39(38)46(43)34-22-17-30(18-23-34)28-9-3-1-4-10-28;1-22(2,3)20-15-21-19(17-12-8-5-9-13-17)14-18(20)16-10-6-4-7-11-16;/h1-25,27H;4-12,14-15H,1-3H3;/q2*-1;. The molecule has 0 atom stereocenters. The van der Waals surface area contributed by atoms with Gasteiger partial charge in [-0.1, -0.05) is 187 Å². The summed E-state index contributed by atoms with van der Waals surface area (Å²) in [5.41, 5.74) is 15.2. The Morgan fingerprint density at radius 1 is 0.557 bits per heavy atom. The van der Waals surface area contributed by atoms with E-state index >= 15 is 0 Å². The molecule has 3 aromatic heterocycles. The molecule has 0 aliphatic rings. The summed E-state index contributed by atoms with van der Waals surface area (Å²) >= 11 is 1.76. The van der Waals surface area contributed by atoms with Crippen LogP contribution in [0.3, 0.4) is 0 Å². The van der Waals surface area contributed by atoms with E-state index in [1.165, 1.54) is 49.8 Å². The monoisotopic (exact) mass is 1120 g/mol. The van der Waals surface area contributed by atoms with Crippen molar-refractivity contribution in [2.45, 2.75) is 19.6 Å². The first-order valence-corrected chi connectivity index (χ1v) is 27.5. The molecule has 0 saturated heterocycles. The molecule has 341 valence electrons. The van der Waals surface area contributed by atoms with E-state index in [2.05, 4.69) is 194 Å². The molecule has 70 heavy (non-hydrogen) atoms. The van der Waals surface area contributed by atoms with E-state index in [1.54, 1.807) is 11.3 Å². The van der Waals surface area contributed by atoms with Crippen molar-refractivity contribution in [1.82, 2.24) is 14.5 Å². The molecule has 0 spiro atoms. The molecule has 9 aromatic carbocycles. The molecule has 3 heterocycles. The molecular formula is C63H46FIrN3SSi-2. The molecular weight excluding hydrogens is 1070 g/mol. The van der Waals surface area contributed by atoms with Crippen molar-refractivity contribution < 1.29 is 24.5 Å². The van der Waals surface area contributed by atoms with Gasteiger partial charge in [0, 0.05) is 36.7 Å². The van der Waals surface area contributed by atoms with Gasteiger partial charge in [0.05, 0.1) is 24.9 Å². The topological polar surface area (TPSA) is 30.7 Å². The van der Waals surface area contributed by atoms with Crippen LogP contribution < -0.4 is 5.19 Å². The number of hydrogen-bond donors (Lipinski definition) is 0. The number of pyridine rings is 1. The first kappa shape index (κ1) is 46.4. The van der Waals surface area contributed by atoms with Crippen LogP contribution in [0.1, 0.15) is 0 Å². The van der Waals surface area contributed by atoms with Crippen LogP contribution in [0.15, 0.2) is 225 Å². The van der Waals surface area contributed by atoms with Crippen molar-refractivity contribution in [3.05, 3.63) is 243 Å². The SMILES string of the molecule is C[Si](C)(C)c1cnc(-c2[c-]cccc2)cc1-c1ccccc1.Fc1ccc(-c2c[c-]c(-c3nc4ccccc4n3-c3ccc(-c4ccccc4)cc3)c3sc4cc(-c5ccccc5)ccc4c23)cc1.[Ir]. The van der Waals surface area contributed by atoms with Crippen molar-refractivity contribution in [3.8, 4) is 72.8 Å². The smallest absolute Gasteiger partial charge is 0.123 e. The molecule has 0 aliphatic carbocycles. The zero-order valence-corrected chi connectivity index (χ0v) is 43.0. The molecule has 12 rings (SSSR count). The van der Waals surface area contributed by atoms with Gasteiger partial charge in [0.15, 0.2) is 0 Å². The summed E-state index contributed by atoms with van der Waals surface area (Å²) in [6.45, 7) is 7.10. The third kappa shape index (κ3) is 9.25. The Morgan fingerprint density at radius 2 is 1.14 bits per heavy atom. The van der Waals surface area contributed by atoms with Gasteiger partial charge in [-0.3, -0.25) is 4.98 Å². The zero-order chi connectivity index (χ0) is 46.9. The molecule has 3 nitrogen and oxygen atoms in total. The largest absolute Gasteiger partial charge is 0.333 e. The van der Waals surface area contributed by atoms with Crippen molar-refractivity contribution >= 4 is 55.8 Å². The molecule has 12 aromatic rings. The molecule has 0 amide bonds. The number of halogens is 1. The maximum atomic E-state index is 14.0. The van der Waals surface area contributed by atoms with E-state index in [1.807, 2.05) is 54.6 Å². The van der Waals surface area contributed by atoms with E-state index in [-0.39, 0.29) is 25.9 Å². The second-order valence-corrected chi connectivity index (χ2v) is 24.2. The van der Waals surface area contributed by atoms with Crippen molar-refractivity contribution in [3.63, 3.8) is 0 Å². The molecule has 0 N–H and O–H groups in total. The quantitative estimate of drug-likeness (QED) is 0.112. The van der Waals surface area contributed by atoms with Gasteiger partial charge in [-0.05, 0) is 96.8 Å². The summed E-state index contributed by atoms with van der Waals surface area (Å²) in [7, 11) is -1.46. The molecule has 0 aliphatic heterocycles. The Morgan fingerprint density at radius 3 is 1.81 bits per heavy atom. The Bertz CT molecular complexity index is 3740. The Balaban J connectivity index is 0.000000208. The van der Waals surface area contributed by atoms with Crippen LogP contribution in [0.2, 0.25) is 19.6 Å². The summed E-state index contributed by atoms with van der Waals surface area (Å²) in [4.78, 5) is 9.93. The predicted octanol–water partition coefficient (Wildman–Crippen LogP) is 16.8. The van der Waals surface area contributed by atoms with E-state index < -0.39 is 8.07 Å². The van der Waals surface area contributed by atoms with Crippen LogP contribution in [0.5, 0.6) is 0 Å². The van der Waals surface area contributed by atoms with Crippen LogP contribution in [-0.2, 0) is 20.1 Å². The van der Waals surface area contributed by atoms with Crippen molar-refractivity contribution in [1.29, 1.82) is 0 Å². The van der Waals surface area contributed by atoms with Crippen LogP contribution in [0.4, 0.5) is 4.39 Å². The Kier molecular flexibility index (Phi) is 13.2. The third-order valence-electron chi connectivity index (χ3n) is 12.6. The third-order valence-corrected chi connectivity index (χ3v) is 15.8. The van der Waals surface area contributed by atoms with Crippen LogP contribution in [0.25, 0.3) is 104 Å². The number of para-hydroxylation sites is 2. The summed E-state index contributed by atoms with van der Waals surface area (Å²) in [6, 6.07) is 81.1. The van der Waals surface area contributed by atoms with Gasteiger partial charge in [0.25, 0.3) is 0 Å². The number of hydrogen-bond acceptors (Lipinski definition) is 3. The normalized spacial score (nSPS) is 11.3. The van der Waals surface area contributed by atoms with Gasteiger partial charge < -0.3 is 9.55 Å². The van der Waals surface area contributed by atoms with E-state index in [0.29, 0.717) is 0 Å². The van der Waals surface area contributed by atoms with Crippen LogP contribution >= 0.6 is 11.3 Å². The summed E-state index contributed by atoms with van der Waals surface area (Å²) < 4.78 is 18.5. The Hall–Kier alpha value is -7.38. The molecule has 0 unspecified atom stereocenters. The van der Waals surface area contributed by atoms with Gasteiger partial charge in [0.2, 0.25) is 0 Å². The maximum absolute atomic E-state index is 14.0. The van der Waals surface area contributed by atoms with Crippen LogP contribution in [-0.4, -0.2) is 22.6 Å². The minimum Gasteiger partial charge on any atom is -0.333 e. The molecule has 0 fully saturated rings. The van der Waals surface area contributed by atoms with Crippen LogP contribution in [0, 0.1) is 17.9 Å². The minimum absolute atomic E-state index is 0. The minimum atomic E-state index is -1.46. The number of thiophene rings is 1. The van der Waals surface area contributed by atoms with E-state index in [9.17, 15) is 4.39 Å². The average molecular weight is 1120 g/mol. The second kappa shape index (κ2) is 19.9. The maximum Gasteiger partial charge on any atom is 0.123 e.